The van der Waals surface area contributed by atoms with Gasteiger partial charge >= 0.3 is 0 Å². The van der Waals surface area contributed by atoms with E-state index in [0.717, 1.165) is 12.1 Å². The van der Waals surface area contributed by atoms with Crippen molar-refractivity contribution in [1.82, 2.24) is 9.80 Å². The van der Waals surface area contributed by atoms with E-state index in [1.807, 2.05) is 13.0 Å². The third-order valence-corrected chi connectivity index (χ3v) is 7.01. The second-order valence-electron chi connectivity index (χ2n) is 7.78. The number of carbonyl (C=O) groups is 1. The zero-order valence-electron chi connectivity index (χ0n) is 15.9. The van der Waals surface area contributed by atoms with Gasteiger partial charge in [0, 0.05) is 31.2 Å². The molecule has 2 aliphatic heterocycles. The second kappa shape index (κ2) is 7.19. The summed E-state index contributed by atoms with van der Waals surface area (Å²) in [6.45, 7) is 8.32. The first-order chi connectivity index (χ1) is 12.2. The topological polar surface area (TPSA) is 66.9 Å². The summed E-state index contributed by atoms with van der Waals surface area (Å²) in [6, 6.07) is 5.03. The van der Waals surface area contributed by atoms with Gasteiger partial charge in [0.25, 0.3) is 5.91 Å². The van der Waals surface area contributed by atoms with Crippen LogP contribution >= 0.6 is 0 Å². The fraction of sp³-hybridized carbons (Fsp3) is 0.632. The Morgan fingerprint density at radius 2 is 1.92 bits per heavy atom. The molecule has 0 aromatic heterocycles. The lowest BCUT2D eigenvalue weighted by atomic mass is 10.0. The molecule has 0 bridgehead atoms. The van der Waals surface area contributed by atoms with Crippen LogP contribution in [0.3, 0.4) is 0 Å². The number of ether oxygens (including phenoxy) is 1. The molecule has 2 saturated heterocycles. The minimum absolute atomic E-state index is 0.0565. The van der Waals surface area contributed by atoms with Crippen molar-refractivity contribution in [2.45, 2.75) is 32.9 Å². The molecule has 7 heteroatoms. The van der Waals surface area contributed by atoms with Gasteiger partial charge in [-0.2, -0.15) is 0 Å². The molecule has 0 unspecified atom stereocenters. The number of rotatable bonds is 4. The number of fused-ring (bicyclic) bond motifs is 1. The van der Waals surface area contributed by atoms with Crippen LogP contribution < -0.4 is 4.74 Å². The highest BCUT2D eigenvalue weighted by molar-refractivity contribution is 7.91. The molecule has 2 aliphatic rings. The maximum Gasteiger partial charge on any atom is 0.254 e. The molecule has 2 fully saturated rings. The van der Waals surface area contributed by atoms with Crippen molar-refractivity contribution in [1.29, 1.82) is 0 Å². The largest absolute Gasteiger partial charge is 0.496 e. The molecule has 0 aliphatic carbocycles. The number of carbonyl (C=O) groups excluding carboxylic acids is 1. The van der Waals surface area contributed by atoms with E-state index in [1.165, 1.54) is 0 Å². The monoisotopic (exact) mass is 380 g/mol. The number of aryl methyl sites for hydroxylation is 1. The van der Waals surface area contributed by atoms with Gasteiger partial charge in [-0.3, -0.25) is 9.69 Å². The SMILES string of the molecule is COc1cc(C(=O)N2CCN(CC(C)C)[C@@H]3CS(=O)(=O)C[C@@H]32)ccc1C. The first-order valence-corrected chi connectivity index (χ1v) is 10.9. The zero-order chi connectivity index (χ0) is 19.1. The first kappa shape index (κ1) is 19.2. The lowest BCUT2D eigenvalue weighted by Crippen LogP contribution is -2.61. The summed E-state index contributed by atoms with van der Waals surface area (Å²) in [5.41, 5.74) is 1.51. The molecule has 1 aromatic carbocycles. The summed E-state index contributed by atoms with van der Waals surface area (Å²) in [5, 5.41) is 0. The van der Waals surface area contributed by atoms with E-state index in [-0.39, 0.29) is 29.5 Å². The van der Waals surface area contributed by atoms with Crippen molar-refractivity contribution in [2.75, 3.05) is 38.2 Å². The van der Waals surface area contributed by atoms with Gasteiger partial charge in [-0.1, -0.05) is 19.9 Å². The molecule has 26 heavy (non-hydrogen) atoms. The maximum absolute atomic E-state index is 13.1. The van der Waals surface area contributed by atoms with E-state index < -0.39 is 9.84 Å². The Bertz CT molecular complexity index is 791. The zero-order valence-corrected chi connectivity index (χ0v) is 16.8. The Balaban J connectivity index is 1.87. The lowest BCUT2D eigenvalue weighted by Gasteiger charge is -2.44. The maximum atomic E-state index is 13.1. The number of hydrogen-bond donors (Lipinski definition) is 0. The third-order valence-electron chi connectivity index (χ3n) is 5.31. The van der Waals surface area contributed by atoms with Gasteiger partial charge in [0.15, 0.2) is 9.84 Å². The Hall–Kier alpha value is -1.60. The third kappa shape index (κ3) is 3.74. The van der Waals surface area contributed by atoms with Crippen LogP contribution in [0.25, 0.3) is 0 Å². The van der Waals surface area contributed by atoms with Crippen LogP contribution in [0, 0.1) is 12.8 Å². The molecule has 0 spiro atoms. The molecule has 0 radical (unpaired) electrons. The molecule has 1 aromatic rings. The number of sulfone groups is 1. The van der Waals surface area contributed by atoms with Gasteiger partial charge in [-0.05, 0) is 30.5 Å². The average molecular weight is 381 g/mol. The van der Waals surface area contributed by atoms with Crippen molar-refractivity contribution >= 4 is 15.7 Å². The summed E-state index contributed by atoms with van der Waals surface area (Å²) < 4.78 is 29.9. The molecular weight excluding hydrogens is 352 g/mol. The number of benzene rings is 1. The number of piperazine rings is 1. The summed E-state index contributed by atoms with van der Waals surface area (Å²) >= 11 is 0. The van der Waals surface area contributed by atoms with Gasteiger partial charge < -0.3 is 9.64 Å². The molecular formula is C19H28N2O4S. The van der Waals surface area contributed by atoms with Crippen molar-refractivity contribution in [3.8, 4) is 5.75 Å². The van der Waals surface area contributed by atoms with Crippen LogP contribution in [0.4, 0.5) is 0 Å². The Kier molecular flexibility index (Phi) is 5.30. The molecule has 0 saturated carbocycles. The number of amides is 1. The van der Waals surface area contributed by atoms with E-state index in [9.17, 15) is 13.2 Å². The average Bonchev–Trinajstić information content (AvgIpc) is 2.90. The Labute approximate surface area is 156 Å². The van der Waals surface area contributed by atoms with Gasteiger partial charge in [0.05, 0.1) is 24.7 Å². The van der Waals surface area contributed by atoms with Gasteiger partial charge in [-0.25, -0.2) is 8.42 Å². The van der Waals surface area contributed by atoms with E-state index >= 15 is 0 Å². The van der Waals surface area contributed by atoms with Crippen LogP contribution in [0.1, 0.15) is 29.8 Å². The summed E-state index contributed by atoms with van der Waals surface area (Å²) in [5.74, 6) is 1.22. The van der Waals surface area contributed by atoms with E-state index in [4.69, 9.17) is 4.74 Å². The smallest absolute Gasteiger partial charge is 0.254 e. The van der Waals surface area contributed by atoms with Crippen LogP contribution in [0.2, 0.25) is 0 Å². The van der Waals surface area contributed by atoms with Crippen molar-refractivity contribution < 1.29 is 17.9 Å². The summed E-state index contributed by atoms with van der Waals surface area (Å²) in [7, 11) is -1.54. The first-order valence-electron chi connectivity index (χ1n) is 9.12. The standard InChI is InChI=1S/C19H28N2O4S/c1-13(2)10-20-7-8-21(17-12-26(23,24)11-16(17)20)19(22)15-6-5-14(3)18(9-15)25-4/h5-6,9,13,16-17H,7-8,10-12H2,1-4H3/t16-,17+/m1/s1. The van der Waals surface area contributed by atoms with Gasteiger partial charge in [0.1, 0.15) is 5.75 Å². The molecule has 1 amide bonds. The van der Waals surface area contributed by atoms with Gasteiger partial charge in [0.2, 0.25) is 0 Å². The lowest BCUT2D eigenvalue weighted by molar-refractivity contribution is 0.0297. The molecule has 0 N–H and O–H groups in total. The van der Waals surface area contributed by atoms with Crippen molar-refractivity contribution in [3.63, 3.8) is 0 Å². The van der Waals surface area contributed by atoms with Crippen molar-refractivity contribution in [3.05, 3.63) is 29.3 Å². The second-order valence-corrected chi connectivity index (χ2v) is 9.94. The predicted molar refractivity (Wildman–Crippen MR) is 101 cm³/mol. The fourth-order valence-corrected chi connectivity index (χ4v) is 6.10. The van der Waals surface area contributed by atoms with E-state index in [0.29, 0.717) is 30.3 Å². The Morgan fingerprint density at radius 1 is 1.23 bits per heavy atom. The van der Waals surface area contributed by atoms with E-state index in [1.54, 1.807) is 24.1 Å². The highest BCUT2D eigenvalue weighted by Crippen LogP contribution is 2.29. The summed E-state index contributed by atoms with van der Waals surface area (Å²) in [6.07, 6.45) is 0. The normalized spacial score (nSPS) is 25.3. The van der Waals surface area contributed by atoms with Crippen LogP contribution in [-0.2, 0) is 9.84 Å². The van der Waals surface area contributed by atoms with E-state index in [2.05, 4.69) is 18.7 Å². The Morgan fingerprint density at radius 3 is 2.58 bits per heavy atom. The summed E-state index contributed by atoms with van der Waals surface area (Å²) in [4.78, 5) is 17.1. The number of nitrogens with zero attached hydrogens (tertiary/aromatic N) is 2. The molecule has 2 heterocycles. The van der Waals surface area contributed by atoms with Crippen LogP contribution in [-0.4, -0.2) is 74.5 Å². The minimum atomic E-state index is -3.13. The molecule has 2 atom stereocenters. The molecule has 6 nitrogen and oxygen atoms in total. The van der Waals surface area contributed by atoms with Gasteiger partial charge in [-0.15, -0.1) is 0 Å². The predicted octanol–water partition coefficient (Wildman–Crippen LogP) is 1.58. The molecule has 144 valence electrons. The van der Waals surface area contributed by atoms with Crippen molar-refractivity contribution in [2.24, 2.45) is 5.92 Å². The van der Waals surface area contributed by atoms with Crippen LogP contribution in [0.5, 0.6) is 5.75 Å². The number of hydrogen-bond acceptors (Lipinski definition) is 5. The van der Waals surface area contributed by atoms with Crippen LogP contribution in [0.15, 0.2) is 18.2 Å². The minimum Gasteiger partial charge on any atom is -0.496 e. The fourth-order valence-electron chi connectivity index (χ4n) is 4.09. The quantitative estimate of drug-likeness (QED) is 0.793. The highest BCUT2D eigenvalue weighted by atomic mass is 32.2. The number of methoxy groups -OCH3 is 1. The molecule has 3 rings (SSSR count). The highest BCUT2D eigenvalue weighted by Gasteiger charge is 2.48.